The minimum atomic E-state index is -2.31. The van der Waals surface area contributed by atoms with Gasteiger partial charge in [-0.3, -0.25) is 4.72 Å². The van der Waals surface area contributed by atoms with Gasteiger partial charge >= 0.3 is 6.09 Å². The molecule has 0 heterocycles. The largest absolute Gasteiger partial charge is 0.464 e. The van der Waals surface area contributed by atoms with Gasteiger partial charge in [0, 0.05) is 0 Å². The fraction of sp³-hybridized carbons (Fsp3) is 0.400. The quantitative estimate of drug-likeness (QED) is 0.509. The second-order valence-corrected chi connectivity index (χ2v) is 4.05. The molecule has 0 aliphatic heterocycles. The fourth-order valence-electron chi connectivity index (χ4n) is 0.394. The monoisotopic (exact) mass is 165 g/mol. The first-order valence-electron chi connectivity index (χ1n) is 2.69. The first-order valence-corrected chi connectivity index (χ1v) is 4.41. The highest BCUT2D eigenvalue weighted by atomic mass is 32.2. The van der Waals surface area contributed by atoms with Gasteiger partial charge in [-0.1, -0.05) is 0 Å². The fourth-order valence-corrected chi connectivity index (χ4v) is 1.18. The number of carboxylic acid groups (broad SMARTS) is 1. The first kappa shape index (κ1) is 9.32. The molecule has 0 aliphatic rings. The Morgan fingerprint density at radius 2 is 1.90 bits per heavy atom. The van der Waals surface area contributed by atoms with Crippen LogP contribution in [0.4, 0.5) is 4.79 Å². The van der Waals surface area contributed by atoms with E-state index in [4.69, 9.17) is 5.11 Å². The molecule has 0 aromatic rings. The zero-order valence-corrected chi connectivity index (χ0v) is 6.68. The van der Waals surface area contributed by atoms with Crippen LogP contribution in [0, 0.1) is 0 Å². The maximum Gasteiger partial charge on any atom is 0.415 e. The van der Waals surface area contributed by atoms with Crippen LogP contribution in [0.1, 0.15) is 13.8 Å². The second kappa shape index (κ2) is 3.48. The van der Waals surface area contributed by atoms with E-state index in [2.05, 4.69) is 0 Å². The Kier molecular flexibility index (Phi) is 3.24. The third kappa shape index (κ3) is 2.75. The second-order valence-electron chi connectivity index (χ2n) is 1.55. The molecule has 0 saturated heterocycles. The van der Waals surface area contributed by atoms with Crippen molar-refractivity contribution in [3.05, 3.63) is 0 Å². The Bertz CT molecular complexity index is 223. The molecule has 0 bridgehead atoms. The molecule has 0 saturated carbocycles. The smallest absolute Gasteiger partial charge is 0.415 e. The van der Waals surface area contributed by atoms with Crippen molar-refractivity contribution in [2.75, 3.05) is 0 Å². The summed E-state index contributed by atoms with van der Waals surface area (Å²) < 4.78 is 11.3. The van der Waals surface area contributed by atoms with Crippen molar-refractivity contribution < 1.29 is 14.5 Å². The highest BCUT2D eigenvalue weighted by molar-refractivity contribution is 8.23. The molecule has 4 nitrogen and oxygen atoms in total. The molecule has 0 radical (unpaired) electrons. The lowest BCUT2D eigenvalue weighted by Gasteiger charge is -2.07. The van der Waals surface area contributed by atoms with Crippen molar-refractivity contribution in [2.24, 2.45) is 0 Å². The van der Waals surface area contributed by atoms with Crippen molar-refractivity contribution in [1.29, 1.82) is 0 Å². The molecular weight excluding hydrogens is 154 g/mol. The topological polar surface area (TPSA) is 69.6 Å². The molecule has 0 atom stereocenters. The molecule has 0 rings (SSSR count). The minimum Gasteiger partial charge on any atom is -0.464 e. The number of rotatable bonds is 1. The highest BCUT2D eigenvalue weighted by Crippen LogP contribution is 2.08. The van der Waals surface area contributed by atoms with E-state index in [0.717, 1.165) is 0 Å². The van der Waals surface area contributed by atoms with Crippen LogP contribution in [-0.2, 0) is 0 Å². The molecule has 0 aromatic heterocycles. The van der Waals surface area contributed by atoms with Crippen molar-refractivity contribution >= 4 is 26.5 Å². The van der Waals surface area contributed by atoms with Crippen LogP contribution in [0.3, 0.4) is 0 Å². The summed E-state index contributed by atoms with van der Waals surface area (Å²) in [7, 11) is -2.31. The summed E-state index contributed by atoms with van der Waals surface area (Å²) in [5.74, 6) is 0. The molecule has 0 aliphatic carbocycles. The van der Waals surface area contributed by atoms with E-state index in [9.17, 15) is 9.35 Å². The summed E-state index contributed by atoms with van der Waals surface area (Å²) in [5, 5.41) is 11.1. The van der Waals surface area contributed by atoms with Crippen molar-refractivity contribution in [3.63, 3.8) is 0 Å². The standard InChI is InChI=1S/C5H11NO3S/c1-3-10(9,4-2)6-5(7)8/h3-4,6,9H,1-2H3,(H,7,8). The highest BCUT2D eigenvalue weighted by Gasteiger charge is 1.97. The average Bonchev–Trinajstić information content (AvgIpc) is 1.87. The normalized spacial score (nSPS) is 10.3. The van der Waals surface area contributed by atoms with E-state index in [-0.39, 0.29) is 0 Å². The van der Waals surface area contributed by atoms with E-state index in [0.29, 0.717) is 0 Å². The van der Waals surface area contributed by atoms with Gasteiger partial charge in [-0.25, -0.2) is 4.79 Å². The summed E-state index contributed by atoms with van der Waals surface area (Å²) in [6.07, 6.45) is -1.21. The van der Waals surface area contributed by atoms with E-state index in [1.165, 1.54) is 10.7 Å². The minimum absolute atomic E-state index is 1.21. The molecule has 5 heteroatoms. The average molecular weight is 165 g/mol. The zero-order valence-electron chi connectivity index (χ0n) is 5.87. The van der Waals surface area contributed by atoms with Crippen molar-refractivity contribution in [2.45, 2.75) is 13.8 Å². The third-order valence-corrected chi connectivity index (χ3v) is 2.91. The molecule has 0 unspecified atom stereocenters. The summed E-state index contributed by atoms with van der Waals surface area (Å²) in [5.41, 5.74) is 0. The molecule has 3 N–H and O–H groups in total. The van der Waals surface area contributed by atoms with E-state index < -0.39 is 15.8 Å². The first-order chi connectivity index (χ1) is 4.54. The molecule has 0 fully saturated rings. The van der Waals surface area contributed by atoms with Gasteiger partial charge < -0.3 is 9.66 Å². The maximum atomic E-state index is 10.0. The van der Waals surface area contributed by atoms with Gasteiger partial charge in [-0.05, 0) is 34.3 Å². The van der Waals surface area contributed by atoms with Crippen LogP contribution in [0.2, 0.25) is 0 Å². The van der Waals surface area contributed by atoms with E-state index in [1.54, 1.807) is 13.8 Å². The lowest BCUT2D eigenvalue weighted by molar-refractivity contribution is 0.201. The summed E-state index contributed by atoms with van der Waals surface area (Å²) >= 11 is 0. The molecular formula is C5H11NO3S. The van der Waals surface area contributed by atoms with Crippen molar-refractivity contribution in [1.82, 2.24) is 4.72 Å². The van der Waals surface area contributed by atoms with Crippen molar-refractivity contribution in [3.8, 4) is 0 Å². The van der Waals surface area contributed by atoms with Gasteiger partial charge in [-0.2, -0.15) is 0 Å². The molecule has 1 amide bonds. The van der Waals surface area contributed by atoms with Crippen LogP contribution in [0.5, 0.6) is 0 Å². The zero-order chi connectivity index (χ0) is 8.20. The number of amides is 1. The van der Waals surface area contributed by atoms with Gasteiger partial charge in [0.1, 0.15) is 0 Å². The Hall–Kier alpha value is -0.680. The lowest BCUT2D eigenvalue weighted by atomic mass is 11.0. The Labute approximate surface area is 60.3 Å². The van der Waals surface area contributed by atoms with Crippen LogP contribution in [0.15, 0.2) is 0 Å². The Balaban J connectivity index is 4.58. The Morgan fingerprint density at radius 3 is 2.00 bits per heavy atom. The Morgan fingerprint density at radius 1 is 1.50 bits per heavy atom. The van der Waals surface area contributed by atoms with Crippen LogP contribution < -0.4 is 4.72 Å². The molecule has 0 aromatic carbocycles. The van der Waals surface area contributed by atoms with E-state index in [1.807, 2.05) is 4.72 Å². The van der Waals surface area contributed by atoms with Gasteiger partial charge in [-0.15, -0.1) is 0 Å². The SMILES string of the molecule is CC=S(O)(=CC)NC(=O)O. The number of hydrogen-bond acceptors (Lipinski definition) is 2. The van der Waals surface area contributed by atoms with Gasteiger partial charge in [0.05, 0.1) is 0 Å². The summed E-state index contributed by atoms with van der Waals surface area (Å²) in [6.45, 7) is 3.20. The summed E-state index contributed by atoms with van der Waals surface area (Å²) in [4.78, 5) is 10.0. The molecule has 0 spiro atoms. The van der Waals surface area contributed by atoms with Gasteiger partial charge in [0.2, 0.25) is 0 Å². The predicted molar refractivity (Wildman–Crippen MR) is 44.9 cm³/mol. The summed E-state index contributed by atoms with van der Waals surface area (Å²) in [6, 6.07) is 0. The van der Waals surface area contributed by atoms with Gasteiger partial charge in [0.25, 0.3) is 0 Å². The number of nitrogens with one attached hydrogen (secondary N) is 1. The number of hydrogen-bond donors (Lipinski definition) is 3. The van der Waals surface area contributed by atoms with Gasteiger partial charge in [0.15, 0.2) is 0 Å². The van der Waals surface area contributed by atoms with Crippen LogP contribution >= 0.6 is 9.67 Å². The molecule has 10 heavy (non-hydrogen) atoms. The predicted octanol–water partition coefficient (Wildman–Crippen LogP) is 1.09. The lowest BCUT2D eigenvalue weighted by Crippen LogP contribution is -2.18. The van der Waals surface area contributed by atoms with Crippen LogP contribution in [-0.4, -0.2) is 26.5 Å². The number of carbonyl (C=O) groups is 1. The van der Waals surface area contributed by atoms with E-state index >= 15 is 0 Å². The molecule has 60 valence electrons. The van der Waals surface area contributed by atoms with Crippen LogP contribution in [0.25, 0.3) is 0 Å². The third-order valence-electron chi connectivity index (χ3n) is 0.969. The maximum absolute atomic E-state index is 10.0.